The second-order valence-electron chi connectivity index (χ2n) is 6.25. The molecule has 0 aliphatic carbocycles. The van der Waals surface area contributed by atoms with Crippen LogP contribution >= 0.6 is 0 Å². The summed E-state index contributed by atoms with van der Waals surface area (Å²) in [5.41, 5.74) is 2.51. The molecular formula is C20H23NO2. The van der Waals surface area contributed by atoms with Gasteiger partial charge in [0.1, 0.15) is 0 Å². The van der Waals surface area contributed by atoms with E-state index in [-0.39, 0.29) is 17.7 Å². The molecule has 2 aromatic carbocycles. The minimum absolute atomic E-state index is 0.125. The lowest BCUT2D eigenvalue weighted by atomic mass is 9.78. The zero-order valence-electron chi connectivity index (χ0n) is 13.3. The minimum Gasteiger partial charge on any atom is -0.286 e. The van der Waals surface area contributed by atoms with Crippen LogP contribution in [0.15, 0.2) is 60.7 Å². The number of hydrogen-bond acceptors (Lipinski definition) is 2. The molecule has 0 bridgehead atoms. The summed E-state index contributed by atoms with van der Waals surface area (Å²) in [6, 6.07) is 20.6. The molecule has 0 radical (unpaired) electrons. The molecule has 1 saturated heterocycles. The van der Waals surface area contributed by atoms with E-state index in [1.165, 1.54) is 11.1 Å². The molecule has 1 amide bonds. The van der Waals surface area contributed by atoms with Gasteiger partial charge in [-0.05, 0) is 42.7 Å². The normalized spacial score (nSPS) is 21.4. The fourth-order valence-electron chi connectivity index (χ4n) is 3.53. The molecule has 1 aliphatic rings. The SMILES string of the molecule is O=C1[C@H](CCCc2ccccc2)[C@@H](c2ccccc2)CCN1O. The van der Waals surface area contributed by atoms with Crippen molar-refractivity contribution < 1.29 is 10.0 Å². The zero-order valence-corrected chi connectivity index (χ0v) is 13.3. The Morgan fingerprint density at radius 2 is 1.65 bits per heavy atom. The Balaban J connectivity index is 1.68. The highest BCUT2D eigenvalue weighted by Crippen LogP contribution is 2.36. The number of rotatable bonds is 5. The number of nitrogens with zero attached hydrogens (tertiary/aromatic N) is 1. The van der Waals surface area contributed by atoms with E-state index in [4.69, 9.17) is 0 Å². The van der Waals surface area contributed by atoms with Crippen molar-refractivity contribution in [3.05, 3.63) is 71.8 Å². The fourth-order valence-corrected chi connectivity index (χ4v) is 3.53. The number of amides is 1. The third kappa shape index (κ3) is 3.80. The van der Waals surface area contributed by atoms with Gasteiger partial charge in [0.2, 0.25) is 5.91 Å². The number of carbonyl (C=O) groups is 1. The first-order chi connectivity index (χ1) is 11.3. The standard InChI is InChI=1S/C20H23NO2/c22-20-19(13-7-10-16-8-3-1-4-9-16)18(14-15-21(20)23)17-11-5-2-6-12-17/h1-6,8-9,11-12,18-19,23H,7,10,13-15H2/t18-,19-/m1/s1. The summed E-state index contributed by atoms with van der Waals surface area (Å²) >= 11 is 0. The molecule has 1 fully saturated rings. The Labute approximate surface area is 137 Å². The zero-order chi connectivity index (χ0) is 16.1. The maximum Gasteiger partial charge on any atom is 0.249 e. The molecule has 3 nitrogen and oxygen atoms in total. The average molecular weight is 309 g/mol. The molecule has 2 aromatic rings. The van der Waals surface area contributed by atoms with Gasteiger partial charge < -0.3 is 0 Å². The number of hydrogen-bond donors (Lipinski definition) is 1. The molecular weight excluding hydrogens is 286 g/mol. The third-order valence-electron chi connectivity index (χ3n) is 4.76. The lowest BCUT2D eigenvalue weighted by Crippen LogP contribution is -2.42. The second-order valence-corrected chi connectivity index (χ2v) is 6.25. The van der Waals surface area contributed by atoms with Crippen molar-refractivity contribution in [2.45, 2.75) is 31.6 Å². The Bertz CT molecular complexity index is 627. The summed E-state index contributed by atoms with van der Waals surface area (Å²) in [6.07, 6.45) is 3.56. The lowest BCUT2D eigenvalue weighted by Gasteiger charge is -2.35. The first kappa shape index (κ1) is 15.8. The first-order valence-electron chi connectivity index (χ1n) is 8.35. The van der Waals surface area contributed by atoms with Gasteiger partial charge in [0, 0.05) is 12.5 Å². The van der Waals surface area contributed by atoms with E-state index in [0.29, 0.717) is 6.54 Å². The van der Waals surface area contributed by atoms with Gasteiger partial charge in [-0.1, -0.05) is 60.7 Å². The van der Waals surface area contributed by atoms with Gasteiger partial charge in [0.25, 0.3) is 0 Å². The van der Waals surface area contributed by atoms with Crippen LogP contribution in [0.2, 0.25) is 0 Å². The maximum absolute atomic E-state index is 12.4. The van der Waals surface area contributed by atoms with E-state index in [1.54, 1.807) is 0 Å². The number of aryl methyl sites for hydroxylation is 1. The van der Waals surface area contributed by atoms with E-state index in [0.717, 1.165) is 30.7 Å². The Hall–Kier alpha value is -2.13. The first-order valence-corrected chi connectivity index (χ1v) is 8.35. The largest absolute Gasteiger partial charge is 0.286 e. The van der Waals surface area contributed by atoms with Crippen molar-refractivity contribution in [3.8, 4) is 0 Å². The monoisotopic (exact) mass is 309 g/mol. The van der Waals surface area contributed by atoms with Crippen LogP contribution in [-0.2, 0) is 11.2 Å². The fraction of sp³-hybridized carbons (Fsp3) is 0.350. The number of benzene rings is 2. The summed E-state index contributed by atoms with van der Waals surface area (Å²) in [5.74, 6) is -0.0408. The molecule has 3 heteroatoms. The number of carbonyl (C=O) groups excluding carboxylic acids is 1. The molecule has 0 spiro atoms. The van der Waals surface area contributed by atoms with Gasteiger partial charge in [-0.15, -0.1) is 0 Å². The van der Waals surface area contributed by atoms with Crippen LogP contribution in [0, 0.1) is 5.92 Å². The predicted octanol–water partition coefficient (Wildman–Crippen LogP) is 4.03. The summed E-state index contributed by atoms with van der Waals surface area (Å²) in [5, 5.41) is 10.7. The predicted molar refractivity (Wildman–Crippen MR) is 90.2 cm³/mol. The Morgan fingerprint density at radius 1 is 1.00 bits per heavy atom. The summed E-state index contributed by atoms with van der Waals surface area (Å²) in [4.78, 5) is 12.4. The van der Waals surface area contributed by atoms with Crippen molar-refractivity contribution >= 4 is 5.91 Å². The Kier molecular flexibility index (Phi) is 5.09. The second kappa shape index (κ2) is 7.42. The topological polar surface area (TPSA) is 40.5 Å². The Morgan fingerprint density at radius 3 is 2.35 bits per heavy atom. The molecule has 3 rings (SSSR count). The van der Waals surface area contributed by atoms with E-state index in [9.17, 15) is 10.0 Å². The van der Waals surface area contributed by atoms with Crippen molar-refractivity contribution in [2.24, 2.45) is 5.92 Å². The molecule has 0 unspecified atom stereocenters. The molecule has 0 saturated carbocycles. The lowest BCUT2D eigenvalue weighted by molar-refractivity contribution is -0.177. The van der Waals surface area contributed by atoms with Crippen molar-refractivity contribution in [3.63, 3.8) is 0 Å². The van der Waals surface area contributed by atoms with Crippen molar-refractivity contribution in [1.82, 2.24) is 5.06 Å². The van der Waals surface area contributed by atoms with Crippen LogP contribution in [0.3, 0.4) is 0 Å². The van der Waals surface area contributed by atoms with Crippen LogP contribution in [0.5, 0.6) is 0 Å². The van der Waals surface area contributed by atoms with Gasteiger partial charge in [-0.3, -0.25) is 10.0 Å². The van der Waals surface area contributed by atoms with Gasteiger partial charge >= 0.3 is 0 Å². The van der Waals surface area contributed by atoms with Crippen molar-refractivity contribution in [1.29, 1.82) is 0 Å². The van der Waals surface area contributed by atoms with E-state index in [1.807, 2.05) is 36.4 Å². The van der Waals surface area contributed by atoms with Gasteiger partial charge in [-0.25, -0.2) is 5.06 Å². The highest BCUT2D eigenvalue weighted by molar-refractivity contribution is 5.79. The molecule has 1 heterocycles. The number of piperidine rings is 1. The summed E-state index contributed by atoms with van der Waals surface area (Å²) < 4.78 is 0. The average Bonchev–Trinajstić information content (AvgIpc) is 2.60. The van der Waals surface area contributed by atoms with Gasteiger partial charge in [-0.2, -0.15) is 0 Å². The molecule has 2 atom stereocenters. The number of hydroxylamine groups is 2. The van der Waals surface area contributed by atoms with E-state index < -0.39 is 0 Å². The van der Waals surface area contributed by atoms with Crippen LogP contribution in [-0.4, -0.2) is 22.7 Å². The van der Waals surface area contributed by atoms with Crippen molar-refractivity contribution in [2.75, 3.05) is 6.54 Å². The van der Waals surface area contributed by atoms with Gasteiger partial charge in [0.05, 0.1) is 0 Å². The quantitative estimate of drug-likeness (QED) is 0.847. The van der Waals surface area contributed by atoms with Gasteiger partial charge in [0.15, 0.2) is 0 Å². The molecule has 120 valence electrons. The highest BCUT2D eigenvalue weighted by atomic mass is 16.5. The van der Waals surface area contributed by atoms with Crippen LogP contribution in [0.1, 0.15) is 36.3 Å². The third-order valence-corrected chi connectivity index (χ3v) is 4.76. The molecule has 0 aromatic heterocycles. The van der Waals surface area contributed by atoms with Crippen LogP contribution in [0.4, 0.5) is 0 Å². The highest BCUT2D eigenvalue weighted by Gasteiger charge is 2.36. The maximum atomic E-state index is 12.4. The minimum atomic E-state index is -0.127. The van der Waals surface area contributed by atoms with E-state index >= 15 is 0 Å². The van der Waals surface area contributed by atoms with E-state index in [2.05, 4.69) is 24.3 Å². The summed E-state index contributed by atoms with van der Waals surface area (Å²) in [6.45, 7) is 0.424. The van der Waals surface area contributed by atoms with Crippen LogP contribution < -0.4 is 0 Å². The molecule has 23 heavy (non-hydrogen) atoms. The molecule has 1 aliphatic heterocycles. The van der Waals surface area contributed by atoms with Crippen LogP contribution in [0.25, 0.3) is 0 Å². The smallest absolute Gasteiger partial charge is 0.249 e. The summed E-state index contributed by atoms with van der Waals surface area (Å²) in [7, 11) is 0. The molecule has 1 N–H and O–H groups in total.